The van der Waals surface area contributed by atoms with E-state index < -0.39 is 10.0 Å². The second kappa shape index (κ2) is 3.88. The van der Waals surface area contributed by atoms with E-state index >= 15 is 0 Å². The van der Waals surface area contributed by atoms with Crippen LogP contribution in [0.25, 0.3) is 0 Å². The van der Waals surface area contributed by atoms with E-state index in [0.717, 1.165) is 11.8 Å². The van der Waals surface area contributed by atoms with Crippen molar-refractivity contribution in [2.75, 3.05) is 11.0 Å². The van der Waals surface area contributed by atoms with E-state index in [0.29, 0.717) is 6.42 Å². The Morgan fingerprint density at radius 1 is 1.43 bits per heavy atom. The number of nitrogens with one attached hydrogen (secondary N) is 1. The molecular weight excluding hydrogens is 202 g/mol. The minimum atomic E-state index is -3.33. The maximum Gasteiger partial charge on any atom is 0.229 e. The molecule has 0 unspecified atom stereocenters. The van der Waals surface area contributed by atoms with E-state index in [1.54, 1.807) is 12.1 Å². The highest BCUT2D eigenvalue weighted by Gasteiger charge is 2.08. The number of phenolic OH excluding ortho intramolecular Hbond substituents is 1. The van der Waals surface area contributed by atoms with Crippen LogP contribution in [-0.2, 0) is 16.4 Å². The molecule has 1 rings (SSSR count). The zero-order chi connectivity index (χ0) is 10.8. The second-order valence-electron chi connectivity index (χ2n) is 3.04. The molecule has 1 aromatic rings. The lowest BCUT2D eigenvalue weighted by atomic mass is 10.1. The molecule has 5 heteroatoms. The minimum Gasteiger partial charge on any atom is -0.505 e. The summed E-state index contributed by atoms with van der Waals surface area (Å²) in [6.07, 6.45) is 1.70. The SMILES string of the molecule is CCc1cccc(NS(C)(=O)=O)c1O. The molecule has 0 aliphatic heterocycles. The predicted molar refractivity (Wildman–Crippen MR) is 56.0 cm³/mol. The van der Waals surface area contributed by atoms with Gasteiger partial charge in [-0.3, -0.25) is 4.72 Å². The monoisotopic (exact) mass is 215 g/mol. The Labute approximate surface area is 83.6 Å². The van der Waals surface area contributed by atoms with E-state index in [1.165, 1.54) is 6.07 Å². The minimum absolute atomic E-state index is 0.000394. The van der Waals surface area contributed by atoms with Crippen molar-refractivity contribution in [1.29, 1.82) is 0 Å². The Balaban J connectivity index is 3.10. The summed E-state index contributed by atoms with van der Waals surface area (Å²) in [4.78, 5) is 0. The third kappa shape index (κ3) is 2.63. The van der Waals surface area contributed by atoms with Gasteiger partial charge >= 0.3 is 0 Å². The van der Waals surface area contributed by atoms with Gasteiger partial charge in [0.2, 0.25) is 10.0 Å². The molecule has 0 aliphatic rings. The number of hydrogen-bond donors (Lipinski definition) is 2. The van der Waals surface area contributed by atoms with Crippen molar-refractivity contribution in [3.8, 4) is 5.75 Å². The van der Waals surface area contributed by atoms with Crippen LogP contribution in [0.2, 0.25) is 0 Å². The summed E-state index contributed by atoms with van der Waals surface area (Å²) in [5.74, 6) is 0.000394. The summed E-state index contributed by atoms with van der Waals surface area (Å²) in [5.41, 5.74) is 0.950. The first kappa shape index (κ1) is 10.8. The lowest BCUT2D eigenvalue weighted by molar-refractivity contribution is 0.471. The average molecular weight is 215 g/mol. The van der Waals surface area contributed by atoms with Crippen LogP contribution in [0.15, 0.2) is 18.2 Å². The molecule has 0 spiro atoms. The van der Waals surface area contributed by atoms with Gasteiger partial charge in [-0.1, -0.05) is 19.1 Å². The number of phenols is 1. The number of benzene rings is 1. The molecule has 0 aliphatic carbocycles. The molecule has 14 heavy (non-hydrogen) atoms. The zero-order valence-corrected chi connectivity index (χ0v) is 8.93. The largest absolute Gasteiger partial charge is 0.505 e. The molecule has 0 saturated heterocycles. The van der Waals surface area contributed by atoms with E-state index in [9.17, 15) is 13.5 Å². The van der Waals surface area contributed by atoms with Crippen LogP contribution in [0.1, 0.15) is 12.5 Å². The lowest BCUT2D eigenvalue weighted by Crippen LogP contribution is -2.09. The van der Waals surface area contributed by atoms with Gasteiger partial charge in [0, 0.05) is 0 Å². The van der Waals surface area contributed by atoms with Crippen LogP contribution in [0.4, 0.5) is 5.69 Å². The normalized spacial score (nSPS) is 11.3. The van der Waals surface area contributed by atoms with E-state index in [2.05, 4.69) is 4.72 Å². The Bertz CT molecular complexity index is 426. The Morgan fingerprint density at radius 2 is 2.07 bits per heavy atom. The van der Waals surface area contributed by atoms with Crippen molar-refractivity contribution in [1.82, 2.24) is 0 Å². The van der Waals surface area contributed by atoms with Crippen LogP contribution in [0.3, 0.4) is 0 Å². The first-order chi connectivity index (χ1) is 6.44. The highest BCUT2D eigenvalue weighted by Crippen LogP contribution is 2.28. The third-order valence-electron chi connectivity index (χ3n) is 1.80. The number of aryl methyl sites for hydroxylation is 1. The fourth-order valence-corrected chi connectivity index (χ4v) is 1.72. The molecule has 0 radical (unpaired) electrons. The van der Waals surface area contributed by atoms with Crippen molar-refractivity contribution < 1.29 is 13.5 Å². The van der Waals surface area contributed by atoms with Gasteiger partial charge in [-0.25, -0.2) is 8.42 Å². The van der Waals surface area contributed by atoms with E-state index in [1.807, 2.05) is 6.92 Å². The first-order valence-electron chi connectivity index (χ1n) is 4.22. The molecule has 4 nitrogen and oxygen atoms in total. The average Bonchev–Trinajstić information content (AvgIpc) is 2.06. The van der Waals surface area contributed by atoms with Gasteiger partial charge in [-0.05, 0) is 18.1 Å². The van der Waals surface area contributed by atoms with Crippen molar-refractivity contribution in [3.63, 3.8) is 0 Å². The van der Waals surface area contributed by atoms with Crippen LogP contribution in [0.5, 0.6) is 5.75 Å². The standard InChI is InChI=1S/C9H13NO3S/c1-3-7-5-4-6-8(9(7)11)10-14(2,12)13/h4-6,10-11H,3H2,1-2H3. The predicted octanol–water partition coefficient (Wildman–Crippen LogP) is 1.33. The van der Waals surface area contributed by atoms with Crippen molar-refractivity contribution >= 4 is 15.7 Å². The molecule has 1 aromatic carbocycles. The molecule has 0 heterocycles. The smallest absolute Gasteiger partial charge is 0.229 e. The first-order valence-corrected chi connectivity index (χ1v) is 6.12. The molecule has 0 saturated carbocycles. The molecule has 0 aromatic heterocycles. The van der Waals surface area contributed by atoms with Crippen LogP contribution in [0, 0.1) is 0 Å². The van der Waals surface area contributed by atoms with Gasteiger partial charge < -0.3 is 5.11 Å². The van der Waals surface area contributed by atoms with Crippen molar-refractivity contribution in [2.45, 2.75) is 13.3 Å². The molecule has 78 valence electrons. The van der Waals surface area contributed by atoms with Gasteiger partial charge in [0.15, 0.2) is 0 Å². The number of sulfonamides is 1. The molecule has 0 amide bonds. The van der Waals surface area contributed by atoms with Crippen molar-refractivity contribution in [2.24, 2.45) is 0 Å². The molecule has 0 atom stereocenters. The molecule has 2 N–H and O–H groups in total. The highest BCUT2D eigenvalue weighted by molar-refractivity contribution is 7.92. The number of aromatic hydroxyl groups is 1. The topological polar surface area (TPSA) is 66.4 Å². The third-order valence-corrected chi connectivity index (χ3v) is 2.39. The summed E-state index contributed by atoms with van der Waals surface area (Å²) in [6, 6.07) is 4.98. The summed E-state index contributed by atoms with van der Waals surface area (Å²) in [5, 5.41) is 9.63. The van der Waals surface area contributed by atoms with E-state index in [4.69, 9.17) is 0 Å². The summed E-state index contributed by atoms with van der Waals surface area (Å²) >= 11 is 0. The maximum absolute atomic E-state index is 10.9. The Kier molecular flexibility index (Phi) is 3.00. The van der Waals surface area contributed by atoms with Gasteiger partial charge in [-0.15, -0.1) is 0 Å². The van der Waals surface area contributed by atoms with Crippen LogP contribution in [-0.4, -0.2) is 19.8 Å². The number of para-hydroxylation sites is 1. The van der Waals surface area contributed by atoms with E-state index in [-0.39, 0.29) is 11.4 Å². The van der Waals surface area contributed by atoms with Gasteiger partial charge in [-0.2, -0.15) is 0 Å². The Morgan fingerprint density at radius 3 is 2.57 bits per heavy atom. The summed E-state index contributed by atoms with van der Waals surface area (Å²) < 4.78 is 24.1. The molecular formula is C9H13NO3S. The zero-order valence-electron chi connectivity index (χ0n) is 8.11. The second-order valence-corrected chi connectivity index (χ2v) is 4.79. The lowest BCUT2D eigenvalue weighted by Gasteiger charge is -2.08. The van der Waals surface area contributed by atoms with Crippen molar-refractivity contribution in [3.05, 3.63) is 23.8 Å². The number of anilines is 1. The maximum atomic E-state index is 10.9. The van der Waals surface area contributed by atoms with Crippen LogP contribution >= 0.6 is 0 Å². The molecule has 0 fully saturated rings. The fraction of sp³-hybridized carbons (Fsp3) is 0.333. The molecule has 0 bridgehead atoms. The highest BCUT2D eigenvalue weighted by atomic mass is 32.2. The number of hydrogen-bond acceptors (Lipinski definition) is 3. The van der Waals surface area contributed by atoms with Gasteiger partial charge in [0.1, 0.15) is 5.75 Å². The number of rotatable bonds is 3. The van der Waals surface area contributed by atoms with Gasteiger partial charge in [0.05, 0.1) is 11.9 Å². The Hall–Kier alpha value is -1.23. The fourth-order valence-electron chi connectivity index (χ4n) is 1.16. The summed E-state index contributed by atoms with van der Waals surface area (Å²) in [7, 11) is -3.33. The van der Waals surface area contributed by atoms with Crippen LogP contribution < -0.4 is 4.72 Å². The summed E-state index contributed by atoms with van der Waals surface area (Å²) in [6.45, 7) is 1.89. The quantitative estimate of drug-likeness (QED) is 0.747. The van der Waals surface area contributed by atoms with Gasteiger partial charge in [0.25, 0.3) is 0 Å².